The summed E-state index contributed by atoms with van der Waals surface area (Å²) in [6, 6.07) is 0.227. The van der Waals surface area contributed by atoms with Crippen LogP contribution in [0.15, 0.2) is 11.1 Å². The number of aromatic amines is 1. The fourth-order valence-electron chi connectivity index (χ4n) is 2.03. The minimum Gasteiger partial charge on any atom is -0.375 e. The van der Waals surface area contributed by atoms with E-state index in [9.17, 15) is 4.79 Å². The molecule has 0 amide bonds. The van der Waals surface area contributed by atoms with Crippen LogP contribution in [-0.4, -0.2) is 28.2 Å². The second-order valence-electron chi connectivity index (χ2n) is 4.84. The van der Waals surface area contributed by atoms with E-state index in [1.54, 1.807) is 0 Å². The average Bonchev–Trinajstić information content (AvgIpc) is 2.23. The van der Waals surface area contributed by atoms with Crippen molar-refractivity contribution in [2.45, 2.75) is 38.3 Å². The first-order valence-electron chi connectivity index (χ1n) is 5.62. The van der Waals surface area contributed by atoms with Gasteiger partial charge in [-0.2, -0.15) is 0 Å². The van der Waals surface area contributed by atoms with Crippen molar-refractivity contribution >= 4 is 17.4 Å². The highest BCUT2D eigenvalue weighted by Gasteiger charge is 2.29. The van der Waals surface area contributed by atoms with Crippen molar-refractivity contribution < 1.29 is 4.74 Å². The van der Waals surface area contributed by atoms with Crippen molar-refractivity contribution in [1.29, 1.82) is 0 Å². The Morgan fingerprint density at radius 3 is 3.12 bits per heavy atom. The van der Waals surface area contributed by atoms with Crippen molar-refractivity contribution in [1.82, 2.24) is 9.97 Å². The van der Waals surface area contributed by atoms with Gasteiger partial charge in [0.1, 0.15) is 5.02 Å². The summed E-state index contributed by atoms with van der Waals surface area (Å²) in [4.78, 5) is 17.8. The lowest BCUT2D eigenvalue weighted by atomic mass is 9.94. The zero-order valence-corrected chi connectivity index (χ0v) is 10.7. The Morgan fingerprint density at radius 2 is 2.41 bits per heavy atom. The zero-order valence-electron chi connectivity index (χ0n) is 9.92. The number of nitrogens with one attached hydrogen (secondary N) is 2. The quantitative estimate of drug-likeness (QED) is 0.848. The third-order valence-corrected chi connectivity index (χ3v) is 3.19. The van der Waals surface area contributed by atoms with Gasteiger partial charge in [0.15, 0.2) is 5.82 Å². The lowest BCUT2D eigenvalue weighted by Crippen LogP contribution is -2.40. The molecule has 0 aromatic carbocycles. The Morgan fingerprint density at radius 1 is 1.65 bits per heavy atom. The molecule has 5 nitrogen and oxygen atoms in total. The summed E-state index contributed by atoms with van der Waals surface area (Å²) in [6.45, 7) is 4.80. The van der Waals surface area contributed by atoms with E-state index in [4.69, 9.17) is 16.3 Å². The largest absolute Gasteiger partial charge is 0.375 e. The Bertz CT molecular complexity index is 458. The second kappa shape index (κ2) is 4.66. The smallest absolute Gasteiger partial charge is 0.271 e. The molecule has 1 aromatic rings. The number of nitrogens with zero attached hydrogens (tertiary/aromatic N) is 1. The van der Waals surface area contributed by atoms with Gasteiger partial charge in [0.2, 0.25) is 0 Å². The first-order chi connectivity index (χ1) is 7.98. The first kappa shape index (κ1) is 12.4. The predicted octanol–water partition coefficient (Wildman–Crippen LogP) is 1.79. The molecule has 6 heteroatoms. The van der Waals surface area contributed by atoms with Crippen LogP contribution in [0.4, 0.5) is 5.82 Å². The van der Waals surface area contributed by atoms with Gasteiger partial charge in [-0.15, -0.1) is 0 Å². The third-order valence-electron chi connectivity index (χ3n) is 2.83. The summed E-state index contributed by atoms with van der Waals surface area (Å²) in [5, 5.41) is 3.31. The number of rotatable bonds is 2. The Labute approximate surface area is 105 Å². The molecule has 0 spiro atoms. The molecule has 94 valence electrons. The maximum atomic E-state index is 11.3. The van der Waals surface area contributed by atoms with Gasteiger partial charge in [0.05, 0.1) is 11.9 Å². The summed E-state index contributed by atoms with van der Waals surface area (Å²) < 4.78 is 5.63. The minimum atomic E-state index is -0.324. The Balaban J connectivity index is 2.11. The van der Waals surface area contributed by atoms with Crippen molar-refractivity contribution in [3.05, 3.63) is 21.7 Å². The van der Waals surface area contributed by atoms with E-state index in [0.717, 1.165) is 12.8 Å². The molecule has 1 unspecified atom stereocenters. The lowest BCUT2D eigenvalue weighted by molar-refractivity contribution is -0.0553. The van der Waals surface area contributed by atoms with Crippen LogP contribution >= 0.6 is 11.6 Å². The van der Waals surface area contributed by atoms with Crippen molar-refractivity contribution in [2.75, 3.05) is 11.9 Å². The summed E-state index contributed by atoms with van der Waals surface area (Å²) in [7, 11) is 0. The lowest BCUT2D eigenvalue weighted by Gasteiger charge is -2.36. The van der Waals surface area contributed by atoms with Crippen molar-refractivity contribution in [2.24, 2.45) is 0 Å². The highest BCUT2D eigenvalue weighted by molar-refractivity contribution is 6.32. The average molecular weight is 258 g/mol. The van der Waals surface area contributed by atoms with Gasteiger partial charge in [-0.3, -0.25) is 4.79 Å². The predicted molar refractivity (Wildman–Crippen MR) is 66.5 cm³/mol. The summed E-state index contributed by atoms with van der Waals surface area (Å²) in [6.07, 6.45) is 3.09. The molecular formula is C11H16ClN3O2. The number of H-pyrrole nitrogens is 1. The maximum Gasteiger partial charge on any atom is 0.271 e. The molecule has 0 saturated carbocycles. The topological polar surface area (TPSA) is 67.0 Å². The van der Waals surface area contributed by atoms with E-state index in [0.29, 0.717) is 12.4 Å². The highest BCUT2D eigenvalue weighted by Crippen LogP contribution is 2.26. The molecule has 0 aliphatic carbocycles. The second-order valence-corrected chi connectivity index (χ2v) is 5.21. The van der Waals surface area contributed by atoms with Gasteiger partial charge in [0, 0.05) is 12.6 Å². The van der Waals surface area contributed by atoms with E-state index in [-0.39, 0.29) is 22.2 Å². The van der Waals surface area contributed by atoms with Gasteiger partial charge in [-0.05, 0) is 26.7 Å². The first-order valence-corrected chi connectivity index (χ1v) is 5.99. The molecule has 2 rings (SSSR count). The van der Waals surface area contributed by atoms with Crippen LogP contribution in [0.3, 0.4) is 0 Å². The summed E-state index contributed by atoms with van der Waals surface area (Å²) >= 11 is 5.88. The zero-order chi connectivity index (χ0) is 12.5. The van der Waals surface area contributed by atoms with Crippen LogP contribution in [0.5, 0.6) is 0 Å². The van der Waals surface area contributed by atoms with Gasteiger partial charge in [-0.25, -0.2) is 4.98 Å². The molecule has 1 atom stereocenters. The number of hydrogen-bond donors (Lipinski definition) is 2. The molecule has 1 aromatic heterocycles. The molecule has 1 aliphatic heterocycles. The van der Waals surface area contributed by atoms with Crippen LogP contribution < -0.4 is 10.9 Å². The molecule has 2 heterocycles. The summed E-state index contributed by atoms with van der Waals surface area (Å²) in [5.41, 5.74) is -0.473. The van der Waals surface area contributed by atoms with Crippen molar-refractivity contribution in [3.8, 4) is 0 Å². The standard InChI is InChI=1S/C11H16ClN3O2/c1-11(2)5-7(3-4-17-11)15-9-8(12)10(16)14-6-13-9/h6-7H,3-5H2,1-2H3,(H2,13,14,15,16). The monoisotopic (exact) mass is 257 g/mol. The van der Waals surface area contributed by atoms with Crippen LogP contribution in [0.1, 0.15) is 26.7 Å². The molecule has 1 aliphatic rings. The maximum absolute atomic E-state index is 11.3. The number of aromatic nitrogens is 2. The molecule has 1 saturated heterocycles. The normalized spacial score (nSPS) is 23.4. The molecule has 1 fully saturated rings. The van der Waals surface area contributed by atoms with Crippen LogP contribution in [0.2, 0.25) is 5.02 Å². The molecule has 17 heavy (non-hydrogen) atoms. The SMILES string of the molecule is CC1(C)CC(Nc2nc[nH]c(=O)c2Cl)CCO1. The van der Waals surface area contributed by atoms with Gasteiger partial charge in [-0.1, -0.05) is 11.6 Å². The van der Waals surface area contributed by atoms with E-state index in [1.165, 1.54) is 6.33 Å². The Hall–Kier alpha value is -1.07. The number of halogens is 1. The van der Waals surface area contributed by atoms with E-state index < -0.39 is 0 Å². The molecular weight excluding hydrogens is 242 g/mol. The van der Waals surface area contributed by atoms with Gasteiger partial charge in [0.25, 0.3) is 5.56 Å². The van der Waals surface area contributed by atoms with Crippen molar-refractivity contribution in [3.63, 3.8) is 0 Å². The molecule has 0 radical (unpaired) electrons. The van der Waals surface area contributed by atoms with E-state index in [1.807, 2.05) is 13.8 Å². The number of hydrogen-bond acceptors (Lipinski definition) is 4. The van der Waals surface area contributed by atoms with E-state index in [2.05, 4.69) is 15.3 Å². The highest BCUT2D eigenvalue weighted by atomic mass is 35.5. The van der Waals surface area contributed by atoms with E-state index >= 15 is 0 Å². The molecule has 0 bridgehead atoms. The fourth-order valence-corrected chi connectivity index (χ4v) is 2.19. The van der Waals surface area contributed by atoms with Crippen LogP contribution in [0, 0.1) is 0 Å². The fraction of sp³-hybridized carbons (Fsp3) is 0.636. The number of ether oxygens (including phenoxy) is 1. The minimum absolute atomic E-state index is 0.108. The Kier molecular flexibility index (Phi) is 3.40. The van der Waals surface area contributed by atoms with Crippen LogP contribution in [0.25, 0.3) is 0 Å². The van der Waals surface area contributed by atoms with Gasteiger partial charge >= 0.3 is 0 Å². The van der Waals surface area contributed by atoms with Crippen LogP contribution in [-0.2, 0) is 4.74 Å². The molecule has 2 N–H and O–H groups in total. The third kappa shape index (κ3) is 2.98. The number of anilines is 1. The van der Waals surface area contributed by atoms with Gasteiger partial charge < -0.3 is 15.0 Å². The summed E-state index contributed by atoms with van der Waals surface area (Å²) in [5.74, 6) is 0.443.